The lowest BCUT2D eigenvalue weighted by Crippen LogP contribution is -2.30. The Kier molecular flexibility index (Phi) is 4.54. The Morgan fingerprint density at radius 3 is 2.33 bits per heavy atom. The number of piperidine rings is 1. The molecule has 6 nitrogen and oxygen atoms in total. The Labute approximate surface area is 174 Å². The zero-order valence-electron chi connectivity index (χ0n) is 16.9. The number of phenols is 1. The molecule has 0 atom stereocenters. The summed E-state index contributed by atoms with van der Waals surface area (Å²) < 4.78 is 1.57. The van der Waals surface area contributed by atoms with Crippen LogP contribution < -0.4 is 10.5 Å². The van der Waals surface area contributed by atoms with Crippen molar-refractivity contribution in [1.29, 1.82) is 0 Å². The van der Waals surface area contributed by atoms with Crippen LogP contribution in [0.5, 0.6) is 5.75 Å². The monoisotopic (exact) mass is 400 g/mol. The highest BCUT2D eigenvalue weighted by Crippen LogP contribution is 2.35. The summed E-state index contributed by atoms with van der Waals surface area (Å²) in [5.41, 5.74) is 5.45. The van der Waals surface area contributed by atoms with Gasteiger partial charge >= 0.3 is 0 Å². The van der Waals surface area contributed by atoms with Gasteiger partial charge in [-0.3, -0.25) is 9.89 Å². The zero-order chi connectivity index (χ0) is 20.7. The van der Waals surface area contributed by atoms with Crippen molar-refractivity contribution in [2.24, 2.45) is 0 Å². The van der Waals surface area contributed by atoms with E-state index in [-0.39, 0.29) is 11.3 Å². The Bertz CT molecular complexity index is 1250. The van der Waals surface area contributed by atoms with Crippen LogP contribution in [0.4, 0.5) is 5.69 Å². The third-order valence-electron chi connectivity index (χ3n) is 5.83. The van der Waals surface area contributed by atoms with Gasteiger partial charge in [-0.2, -0.15) is 4.52 Å². The van der Waals surface area contributed by atoms with Crippen LogP contribution in [0.15, 0.2) is 59.4 Å². The van der Waals surface area contributed by atoms with Crippen molar-refractivity contribution < 1.29 is 5.11 Å². The Morgan fingerprint density at radius 2 is 1.63 bits per heavy atom. The Morgan fingerprint density at radius 1 is 0.933 bits per heavy atom. The summed E-state index contributed by atoms with van der Waals surface area (Å²) in [5.74, 6) is 0.171. The van der Waals surface area contributed by atoms with Gasteiger partial charge in [-0.1, -0.05) is 42.5 Å². The van der Waals surface area contributed by atoms with Crippen molar-refractivity contribution in [2.45, 2.75) is 26.2 Å². The van der Waals surface area contributed by atoms with Gasteiger partial charge < -0.3 is 10.0 Å². The maximum Gasteiger partial charge on any atom is 0.280 e. The summed E-state index contributed by atoms with van der Waals surface area (Å²) in [5, 5.41) is 13.0. The third-order valence-corrected chi connectivity index (χ3v) is 5.83. The van der Waals surface area contributed by atoms with E-state index in [4.69, 9.17) is 4.98 Å². The molecular weight excluding hydrogens is 376 g/mol. The lowest BCUT2D eigenvalue weighted by Gasteiger charge is -2.28. The van der Waals surface area contributed by atoms with Crippen molar-refractivity contribution in [3.05, 3.63) is 70.6 Å². The van der Waals surface area contributed by atoms with E-state index in [1.54, 1.807) is 28.8 Å². The highest BCUT2D eigenvalue weighted by molar-refractivity contribution is 5.87. The summed E-state index contributed by atoms with van der Waals surface area (Å²) in [6.07, 6.45) is 3.51. The van der Waals surface area contributed by atoms with Gasteiger partial charge in [-0.25, -0.2) is 4.98 Å². The number of nitrogens with zero attached hydrogens (tertiary/aromatic N) is 3. The van der Waals surface area contributed by atoms with Crippen LogP contribution in [0.1, 0.15) is 25.0 Å². The minimum atomic E-state index is -0.136. The van der Waals surface area contributed by atoms with Crippen molar-refractivity contribution in [2.75, 3.05) is 18.0 Å². The molecule has 0 spiro atoms. The number of hydrogen-bond acceptors (Lipinski definition) is 4. The van der Waals surface area contributed by atoms with Crippen molar-refractivity contribution in [3.63, 3.8) is 0 Å². The largest absolute Gasteiger partial charge is 0.508 e. The van der Waals surface area contributed by atoms with E-state index in [0.29, 0.717) is 16.9 Å². The number of hydrogen-bond donors (Lipinski definition) is 2. The SMILES string of the molecule is Cc1nc2c(N3CCCCC3)c(-c3ccccc3)[nH]n2c(=O)c1-c1ccc(O)cc1. The molecule has 3 heterocycles. The first-order chi connectivity index (χ1) is 14.6. The van der Waals surface area contributed by atoms with Crippen LogP contribution >= 0.6 is 0 Å². The molecule has 5 rings (SSSR count). The maximum atomic E-state index is 13.5. The summed E-state index contributed by atoms with van der Waals surface area (Å²) in [4.78, 5) is 20.8. The molecule has 0 unspecified atom stereocenters. The van der Waals surface area contributed by atoms with Crippen molar-refractivity contribution in [3.8, 4) is 28.1 Å². The van der Waals surface area contributed by atoms with Crippen molar-refractivity contribution >= 4 is 11.3 Å². The van der Waals surface area contributed by atoms with E-state index in [1.807, 2.05) is 25.1 Å². The molecule has 1 saturated heterocycles. The highest BCUT2D eigenvalue weighted by Gasteiger charge is 2.24. The molecule has 2 aromatic heterocycles. The van der Waals surface area contributed by atoms with E-state index in [1.165, 1.54) is 6.42 Å². The smallest absolute Gasteiger partial charge is 0.280 e. The van der Waals surface area contributed by atoms with Gasteiger partial charge in [0, 0.05) is 18.7 Å². The fourth-order valence-corrected chi connectivity index (χ4v) is 4.35. The number of nitrogens with one attached hydrogen (secondary N) is 1. The third kappa shape index (κ3) is 3.05. The summed E-state index contributed by atoms with van der Waals surface area (Å²) in [6.45, 7) is 3.79. The minimum absolute atomic E-state index is 0.136. The average Bonchev–Trinajstić information content (AvgIpc) is 3.16. The second-order valence-corrected chi connectivity index (χ2v) is 7.83. The van der Waals surface area contributed by atoms with Gasteiger partial charge in [0.25, 0.3) is 5.56 Å². The normalized spacial score (nSPS) is 14.4. The second-order valence-electron chi connectivity index (χ2n) is 7.83. The van der Waals surface area contributed by atoms with Gasteiger partial charge in [-0.05, 0) is 43.9 Å². The van der Waals surface area contributed by atoms with Crippen LogP contribution in [0.2, 0.25) is 0 Å². The number of rotatable bonds is 3. The fraction of sp³-hybridized carbons (Fsp3) is 0.250. The number of benzene rings is 2. The van der Waals surface area contributed by atoms with Gasteiger partial charge in [0.05, 0.1) is 17.0 Å². The predicted octanol–water partition coefficient (Wildman–Crippen LogP) is 4.36. The number of aromatic nitrogens is 3. The lowest BCUT2D eigenvalue weighted by atomic mass is 10.1. The van der Waals surface area contributed by atoms with Crippen LogP contribution in [-0.2, 0) is 0 Å². The molecule has 0 bridgehead atoms. The average molecular weight is 400 g/mol. The van der Waals surface area contributed by atoms with E-state index in [2.05, 4.69) is 22.1 Å². The Hall–Kier alpha value is -3.54. The van der Waals surface area contributed by atoms with E-state index >= 15 is 0 Å². The fourth-order valence-electron chi connectivity index (χ4n) is 4.35. The molecule has 30 heavy (non-hydrogen) atoms. The first-order valence-corrected chi connectivity index (χ1v) is 10.4. The Balaban J connectivity index is 1.78. The van der Waals surface area contributed by atoms with E-state index in [0.717, 1.165) is 48.4 Å². The molecule has 0 radical (unpaired) electrons. The topological polar surface area (TPSA) is 73.6 Å². The quantitative estimate of drug-likeness (QED) is 0.536. The van der Waals surface area contributed by atoms with Gasteiger partial charge in [0.2, 0.25) is 0 Å². The number of phenolic OH excluding ortho intramolecular Hbond substituents is 1. The summed E-state index contributed by atoms with van der Waals surface area (Å²) in [7, 11) is 0. The summed E-state index contributed by atoms with van der Waals surface area (Å²) in [6, 6.07) is 16.8. The molecular formula is C24H24N4O2. The highest BCUT2D eigenvalue weighted by atomic mass is 16.3. The minimum Gasteiger partial charge on any atom is -0.508 e. The molecule has 6 heteroatoms. The first-order valence-electron chi connectivity index (χ1n) is 10.4. The first kappa shape index (κ1) is 18.5. The molecule has 0 saturated carbocycles. The molecule has 152 valence electrons. The van der Waals surface area contributed by atoms with Crippen LogP contribution in [0.25, 0.3) is 28.0 Å². The molecule has 1 fully saturated rings. The second kappa shape index (κ2) is 7.37. The van der Waals surface area contributed by atoms with Crippen LogP contribution in [0, 0.1) is 6.92 Å². The zero-order valence-corrected chi connectivity index (χ0v) is 16.9. The van der Waals surface area contributed by atoms with E-state index < -0.39 is 0 Å². The number of aromatic hydroxyl groups is 1. The van der Waals surface area contributed by atoms with Crippen LogP contribution in [-0.4, -0.2) is 32.8 Å². The molecule has 0 aliphatic carbocycles. The molecule has 4 aromatic rings. The molecule has 0 amide bonds. The van der Waals surface area contributed by atoms with Gasteiger partial charge in [0.1, 0.15) is 11.4 Å². The molecule has 1 aliphatic rings. The number of aryl methyl sites for hydroxylation is 1. The van der Waals surface area contributed by atoms with E-state index in [9.17, 15) is 9.90 Å². The number of H-pyrrole nitrogens is 1. The van der Waals surface area contributed by atoms with Gasteiger partial charge in [-0.15, -0.1) is 0 Å². The standard InChI is InChI=1S/C24H24N4O2/c1-16-20(17-10-12-19(29)13-11-17)24(30)28-23(25-16)22(27-14-6-3-7-15-27)21(26-28)18-8-4-2-5-9-18/h2,4-5,8-13,26,29H,3,6-7,14-15H2,1H3. The number of anilines is 1. The predicted molar refractivity (Wildman–Crippen MR) is 119 cm³/mol. The maximum absolute atomic E-state index is 13.5. The van der Waals surface area contributed by atoms with Crippen molar-refractivity contribution in [1.82, 2.24) is 14.6 Å². The lowest BCUT2D eigenvalue weighted by molar-refractivity contribution is 0.475. The molecule has 1 aliphatic heterocycles. The molecule has 2 aromatic carbocycles. The number of aromatic amines is 1. The molecule has 2 N–H and O–H groups in total. The number of fused-ring (bicyclic) bond motifs is 1. The summed E-state index contributed by atoms with van der Waals surface area (Å²) >= 11 is 0. The van der Waals surface area contributed by atoms with Gasteiger partial charge in [0.15, 0.2) is 5.65 Å². The van der Waals surface area contributed by atoms with Crippen LogP contribution in [0.3, 0.4) is 0 Å².